The SMILES string of the molecule is CCOc1ccc(NS(=O)(=O)c2cc(Br)cc3c2N(C(C)=O)CC3)cc1. The zero-order chi connectivity index (χ0) is 18.9. The minimum Gasteiger partial charge on any atom is -0.494 e. The summed E-state index contributed by atoms with van der Waals surface area (Å²) in [6, 6.07) is 10.1. The second kappa shape index (κ2) is 7.28. The van der Waals surface area contributed by atoms with Crippen molar-refractivity contribution in [2.24, 2.45) is 0 Å². The highest BCUT2D eigenvalue weighted by molar-refractivity contribution is 9.10. The first kappa shape index (κ1) is 18.7. The largest absolute Gasteiger partial charge is 0.494 e. The number of nitrogens with one attached hydrogen (secondary N) is 1. The predicted octanol–water partition coefficient (Wildman–Crippen LogP) is 3.56. The molecule has 0 saturated carbocycles. The third kappa shape index (κ3) is 3.71. The molecule has 0 radical (unpaired) electrons. The number of halogens is 1. The molecule has 2 aromatic carbocycles. The van der Waals surface area contributed by atoms with E-state index in [2.05, 4.69) is 20.7 Å². The standard InChI is InChI=1S/C18H19BrN2O4S/c1-3-25-16-6-4-15(5-7-16)20-26(23,24)17-11-14(19)10-13-8-9-21(12(2)22)18(13)17/h4-7,10-11,20H,3,8-9H2,1-2H3. The van der Waals surface area contributed by atoms with Gasteiger partial charge in [-0.3, -0.25) is 9.52 Å². The van der Waals surface area contributed by atoms with Crippen LogP contribution in [0.15, 0.2) is 45.8 Å². The highest BCUT2D eigenvalue weighted by atomic mass is 79.9. The van der Waals surface area contributed by atoms with Crippen LogP contribution in [0, 0.1) is 0 Å². The number of fused-ring (bicyclic) bond motifs is 1. The molecule has 8 heteroatoms. The van der Waals surface area contributed by atoms with Crippen LogP contribution in [-0.2, 0) is 21.2 Å². The molecule has 0 fully saturated rings. The summed E-state index contributed by atoms with van der Waals surface area (Å²) in [6.45, 7) is 4.33. The van der Waals surface area contributed by atoms with Gasteiger partial charge in [0, 0.05) is 23.6 Å². The number of hydrogen-bond donors (Lipinski definition) is 1. The van der Waals surface area contributed by atoms with Crippen LogP contribution in [0.5, 0.6) is 5.75 Å². The summed E-state index contributed by atoms with van der Waals surface area (Å²) in [4.78, 5) is 13.5. The molecular formula is C18H19BrN2O4S. The van der Waals surface area contributed by atoms with Gasteiger partial charge >= 0.3 is 0 Å². The third-order valence-electron chi connectivity index (χ3n) is 4.08. The first-order chi connectivity index (χ1) is 12.3. The molecule has 0 aromatic heterocycles. The van der Waals surface area contributed by atoms with Crippen molar-refractivity contribution in [3.8, 4) is 5.75 Å². The molecule has 0 unspecified atom stereocenters. The van der Waals surface area contributed by atoms with Crippen LogP contribution < -0.4 is 14.4 Å². The molecule has 0 aliphatic carbocycles. The zero-order valence-corrected chi connectivity index (χ0v) is 16.9. The first-order valence-electron chi connectivity index (χ1n) is 8.18. The average Bonchev–Trinajstić information content (AvgIpc) is 2.99. The van der Waals surface area contributed by atoms with Gasteiger partial charge in [-0.25, -0.2) is 8.42 Å². The van der Waals surface area contributed by atoms with Crippen molar-refractivity contribution in [1.29, 1.82) is 0 Å². The summed E-state index contributed by atoms with van der Waals surface area (Å²) >= 11 is 3.37. The van der Waals surface area contributed by atoms with Gasteiger partial charge in [-0.05, 0) is 55.3 Å². The lowest BCUT2D eigenvalue weighted by atomic mass is 10.2. The molecule has 1 amide bonds. The molecule has 1 aliphatic rings. The summed E-state index contributed by atoms with van der Waals surface area (Å²) in [5.41, 5.74) is 1.72. The molecule has 138 valence electrons. The Bertz CT molecular complexity index is 942. The van der Waals surface area contributed by atoms with E-state index in [-0.39, 0.29) is 10.8 Å². The molecule has 1 aliphatic heterocycles. The Morgan fingerprint density at radius 1 is 1.27 bits per heavy atom. The van der Waals surface area contributed by atoms with Crippen molar-refractivity contribution in [1.82, 2.24) is 0 Å². The lowest BCUT2D eigenvalue weighted by Crippen LogP contribution is -2.28. The lowest BCUT2D eigenvalue weighted by Gasteiger charge is -2.19. The second-order valence-corrected chi connectivity index (χ2v) is 8.46. The molecule has 0 spiro atoms. The lowest BCUT2D eigenvalue weighted by molar-refractivity contribution is -0.116. The van der Waals surface area contributed by atoms with E-state index in [0.29, 0.717) is 41.2 Å². The molecule has 1 N–H and O–H groups in total. The van der Waals surface area contributed by atoms with E-state index in [1.807, 2.05) is 13.0 Å². The van der Waals surface area contributed by atoms with Crippen molar-refractivity contribution in [3.63, 3.8) is 0 Å². The summed E-state index contributed by atoms with van der Waals surface area (Å²) < 4.78 is 34.6. The van der Waals surface area contributed by atoms with Crippen LogP contribution in [-0.4, -0.2) is 27.5 Å². The van der Waals surface area contributed by atoms with Crippen molar-refractivity contribution in [3.05, 3.63) is 46.4 Å². The minimum atomic E-state index is -3.87. The first-order valence-corrected chi connectivity index (χ1v) is 10.5. The number of carbonyl (C=O) groups excluding carboxylic acids is 1. The van der Waals surface area contributed by atoms with Crippen LogP contribution in [0.2, 0.25) is 0 Å². The van der Waals surface area contributed by atoms with Crippen molar-refractivity contribution < 1.29 is 17.9 Å². The predicted molar refractivity (Wildman–Crippen MR) is 104 cm³/mol. The summed E-state index contributed by atoms with van der Waals surface area (Å²) in [6.07, 6.45) is 0.625. The van der Waals surface area contributed by atoms with Gasteiger partial charge in [0.05, 0.1) is 12.3 Å². The summed E-state index contributed by atoms with van der Waals surface area (Å²) in [5.74, 6) is 0.491. The van der Waals surface area contributed by atoms with Gasteiger partial charge in [-0.15, -0.1) is 0 Å². The number of amides is 1. The number of nitrogens with zero attached hydrogens (tertiary/aromatic N) is 1. The van der Waals surface area contributed by atoms with E-state index in [9.17, 15) is 13.2 Å². The topological polar surface area (TPSA) is 75.7 Å². The Balaban J connectivity index is 1.98. The summed E-state index contributed by atoms with van der Waals surface area (Å²) in [7, 11) is -3.87. The Morgan fingerprint density at radius 2 is 1.96 bits per heavy atom. The number of sulfonamides is 1. The third-order valence-corrected chi connectivity index (χ3v) is 5.93. The van der Waals surface area contributed by atoms with Gasteiger partial charge in [0.25, 0.3) is 10.0 Å². The number of anilines is 2. The van der Waals surface area contributed by atoms with Gasteiger partial charge in [0.15, 0.2) is 0 Å². The quantitative estimate of drug-likeness (QED) is 0.773. The van der Waals surface area contributed by atoms with E-state index in [4.69, 9.17) is 4.74 Å². The highest BCUT2D eigenvalue weighted by Crippen LogP contribution is 2.38. The number of carbonyl (C=O) groups is 1. The normalized spacial score (nSPS) is 13.4. The van der Waals surface area contributed by atoms with Gasteiger partial charge in [0.1, 0.15) is 10.6 Å². The van der Waals surface area contributed by atoms with E-state index < -0.39 is 10.0 Å². The Labute approximate surface area is 161 Å². The van der Waals surface area contributed by atoms with E-state index >= 15 is 0 Å². The minimum absolute atomic E-state index is 0.0865. The Hall–Kier alpha value is -2.06. The Kier molecular flexibility index (Phi) is 5.24. The van der Waals surface area contributed by atoms with Gasteiger partial charge in [-0.2, -0.15) is 0 Å². The van der Waals surface area contributed by atoms with Crippen LogP contribution in [0.1, 0.15) is 19.4 Å². The summed E-state index contributed by atoms with van der Waals surface area (Å²) in [5, 5.41) is 0. The van der Waals surface area contributed by atoms with E-state index in [1.54, 1.807) is 24.3 Å². The van der Waals surface area contributed by atoms with Crippen molar-refractivity contribution in [2.75, 3.05) is 22.8 Å². The van der Waals surface area contributed by atoms with Crippen molar-refractivity contribution in [2.45, 2.75) is 25.2 Å². The van der Waals surface area contributed by atoms with Crippen LogP contribution in [0.4, 0.5) is 11.4 Å². The fraction of sp³-hybridized carbons (Fsp3) is 0.278. The number of ether oxygens (including phenoxy) is 1. The number of hydrogen-bond acceptors (Lipinski definition) is 4. The molecule has 26 heavy (non-hydrogen) atoms. The van der Waals surface area contributed by atoms with Crippen LogP contribution in [0.25, 0.3) is 0 Å². The molecule has 0 saturated heterocycles. The van der Waals surface area contributed by atoms with Crippen LogP contribution >= 0.6 is 15.9 Å². The maximum Gasteiger partial charge on any atom is 0.264 e. The number of benzene rings is 2. The molecule has 1 heterocycles. The fourth-order valence-electron chi connectivity index (χ4n) is 2.99. The van der Waals surface area contributed by atoms with E-state index in [0.717, 1.165) is 5.56 Å². The average molecular weight is 439 g/mol. The maximum atomic E-state index is 13.0. The Morgan fingerprint density at radius 3 is 2.58 bits per heavy atom. The van der Waals surface area contributed by atoms with Gasteiger partial charge < -0.3 is 9.64 Å². The molecular weight excluding hydrogens is 420 g/mol. The van der Waals surface area contributed by atoms with E-state index in [1.165, 1.54) is 17.9 Å². The number of rotatable bonds is 5. The van der Waals surface area contributed by atoms with Crippen LogP contribution in [0.3, 0.4) is 0 Å². The van der Waals surface area contributed by atoms with Gasteiger partial charge in [-0.1, -0.05) is 15.9 Å². The zero-order valence-electron chi connectivity index (χ0n) is 14.5. The molecule has 3 rings (SSSR count). The maximum absolute atomic E-state index is 13.0. The van der Waals surface area contributed by atoms with Gasteiger partial charge in [0.2, 0.25) is 5.91 Å². The molecule has 0 atom stereocenters. The fourth-order valence-corrected chi connectivity index (χ4v) is 4.98. The molecule has 0 bridgehead atoms. The monoisotopic (exact) mass is 438 g/mol. The highest BCUT2D eigenvalue weighted by Gasteiger charge is 2.31. The van der Waals surface area contributed by atoms with Crippen molar-refractivity contribution >= 4 is 43.2 Å². The smallest absolute Gasteiger partial charge is 0.264 e. The molecule has 6 nitrogen and oxygen atoms in total. The molecule has 2 aromatic rings. The second-order valence-electron chi connectivity index (χ2n) is 5.90.